The Bertz CT molecular complexity index is 1170. The third-order valence-electron chi connectivity index (χ3n) is 3.70. The van der Waals surface area contributed by atoms with Gasteiger partial charge in [-0.25, -0.2) is 22.8 Å². The van der Waals surface area contributed by atoms with E-state index >= 15 is 0 Å². The molecular formula is C14H27O16P5. The topological polar surface area (TPSA) is 253 Å². The second kappa shape index (κ2) is 10.5. The molecule has 0 fully saturated rings. The van der Waals surface area contributed by atoms with E-state index in [0.717, 1.165) is 5.56 Å². The van der Waals surface area contributed by atoms with Crippen molar-refractivity contribution in [3.05, 3.63) is 29.3 Å². The molecule has 6 N–H and O–H groups in total. The van der Waals surface area contributed by atoms with Crippen LogP contribution in [0, 0.1) is 0 Å². The highest BCUT2D eigenvalue weighted by atomic mass is 31.3. The van der Waals surface area contributed by atoms with E-state index in [-0.39, 0.29) is 11.2 Å². The second-order valence-electron chi connectivity index (χ2n) is 8.99. The minimum atomic E-state index is -6.16. The molecule has 0 bridgehead atoms. The molecule has 0 radical (unpaired) electrons. The van der Waals surface area contributed by atoms with Gasteiger partial charge in [0.1, 0.15) is 5.75 Å². The molecule has 0 amide bonds. The van der Waals surface area contributed by atoms with E-state index in [2.05, 4.69) is 17.2 Å². The minimum absolute atomic E-state index is 0.241. The molecule has 16 nitrogen and oxygen atoms in total. The Morgan fingerprint density at radius 1 is 0.600 bits per heavy atom. The van der Waals surface area contributed by atoms with Crippen LogP contribution in [0.3, 0.4) is 0 Å². The van der Waals surface area contributed by atoms with Gasteiger partial charge in [0.2, 0.25) is 0 Å². The first-order chi connectivity index (χ1) is 15.1. The van der Waals surface area contributed by atoms with Gasteiger partial charge in [-0.05, 0) is 22.5 Å². The summed E-state index contributed by atoms with van der Waals surface area (Å²) in [6, 6.07) is 4.55. The molecule has 4 unspecified atom stereocenters. The molecule has 35 heavy (non-hydrogen) atoms. The van der Waals surface area contributed by atoms with Crippen LogP contribution in [0.25, 0.3) is 0 Å². The Kier molecular flexibility index (Phi) is 9.84. The Hall–Kier alpha value is -0.230. The van der Waals surface area contributed by atoms with Crippen molar-refractivity contribution in [1.82, 2.24) is 0 Å². The molecule has 1 rings (SSSR count). The largest absolute Gasteiger partial charge is 0.536 e. The van der Waals surface area contributed by atoms with Crippen LogP contribution in [0.1, 0.15) is 52.7 Å². The second-order valence-corrected chi connectivity index (χ2v) is 16.5. The van der Waals surface area contributed by atoms with E-state index in [1.807, 2.05) is 20.8 Å². The summed E-state index contributed by atoms with van der Waals surface area (Å²) in [6.07, 6.45) is 0. The number of hydrogen-bond acceptors (Lipinski definition) is 10. The fourth-order valence-electron chi connectivity index (χ4n) is 2.37. The van der Waals surface area contributed by atoms with Crippen LogP contribution in [-0.2, 0) is 50.9 Å². The number of phosphoric ester groups is 1. The molecule has 21 heteroatoms. The Labute approximate surface area is 200 Å². The van der Waals surface area contributed by atoms with Gasteiger partial charge in [0, 0.05) is 5.56 Å². The molecule has 0 aliphatic rings. The van der Waals surface area contributed by atoms with Crippen molar-refractivity contribution in [2.45, 2.75) is 52.4 Å². The number of hydrogen-bond donors (Lipinski definition) is 6. The fraction of sp³-hybridized carbons (Fsp3) is 0.571. The highest BCUT2D eigenvalue weighted by molar-refractivity contribution is 7.71. The summed E-state index contributed by atoms with van der Waals surface area (Å²) in [5.74, 6) is -0.241. The van der Waals surface area contributed by atoms with Gasteiger partial charge < -0.3 is 29.0 Å². The van der Waals surface area contributed by atoms with Gasteiger partial charge in [-0.15, -0.1) is 0 Å². The smallest absolute Gasteiger partial charge is 0.404 e. The van der Waals surface area contributed by atoms with Gasteiger partial charge >= 0.3 is 39.1 Å². The highest BCUT2D eigenvalue weighted by Gasteiger charge is 2.48. The summed E-state index contributed by atoms with van der Waals surface area (Å²) >= 11 is 0. The van der Waals surface area contributed by atoms with E-state index in [4.69, 9.17) is 19.2 Å². The zero-order valence-corrected chi connectivity index (χ0v) is 23.7. The van der Waals surface area contributed by atoms with Crippen molar-refractivity contribution in [2.24, 2.45) is 0 Å². The maximum Gasteiger partial charge on any atom is 0.536 e. The average Bonchev–Trinajstić information content (AvgIpc) is 2.45. The van der Waals surface area contributed by atoms with Crippen LogP contribution in [-0.4, -0.2) is 29.4 Å². The van der Waals surface area contributed by atoms with Gasteiger partial charge in [-0.1, -0.05) is 53.7 Å². The monoisotopic (exact) mass is 606 g/mol. The lowest BCUT2D eigenvalue weighted by Gasteiger charge is -2.27. The lowest BCUT2D eigenvalue weighted by atomic mass is 9.80. The van der Waals surface area contributed by atoms with Crippen LogP contribution >= 0.6 is 39.1 Å². The molecule has 0 aromatic heterocycles. The number of phosphoric acid groups is 5. The van der Waals surface area contributed by atoms with E-state index in [1.165, 1.54) is 6.07 Å². The van der Waals surface area contributed by atoms with Gasteiger partial charge in [-0.3, -0.25) is 4.89 Å². The predicted octanol–water partition coefficient (Wildman–Crippen LogP) is 4.22. The summed E-state index contributed by atoms with van der Waals surface area (Å²) < 4.78 is 77.1. The zero-order valence-electron chi connectivity index (χ0n) is 19.2. The third kappa shape index (κ3) is 11.8. The number of rotatable bonds is 10. The van der Waals surface area contributed by atoms with Crippen molar-refractivity contribution in [2.75, 3.05) is 0 Å². The molecule has 1 aromatic rings. The summed E-state index contributed by atoms with van der Waals surface area (Å²) in [5.41, 5.74) is 0.239. The fourth-order valence-corrected chi connectivity index (χ4v) is 8.28. The third-order valence-corrected chi connectivity index (χ3v) is 10.8. The zero-order chi connectivity index (χ0) is 27.9. The quantitative estimate of drug-likeness (QED) is 0.204. The van der Waals surface area contributed by atoms with Gasteiger partial charge in [0.15, 0.2) is 0 Å². The maximum absolute atomic E-state index is 12.4. The van der Waals surface area contributed by atoms with E-state index < -0.39 is 44.5 Å². The van der Waals surface area contributed by atoms with E-state index in [1.54, 1.807) is 32.9 Å². The lowest BCUT2D eigenvalue weighted by molar-refractivity contribution is 0.189. The van der Waals surface area contributed by atoms with Crippen LogP contribution in [0.15, 0.2) is 18.2 Å². The normalized spacial score (nSPS) is 20.2. The predicted molar refractivity (Wildman–Crippen MR) is 120 cm³/mol. The minimum Gasteiger partial charge on any atom is -0.404 e. The molecule has 0 aliphatic carbocycles. The standard InChI is InChI=1S/C14H27O16P5/c1-13(2,3)10-7-8-12(11(9-10)14(4,5)6)26-32(18,19)28-34(22,23)30-35(24,25)29-33(20,21)27-31(15,16)17/h7-9H,1-6H3,(H,18,19)(H,20,21)(H,22,23)(H,24,25)(H2,15,16,17). The molecule has 0 aliphatic heterocycles. The van der Waals surface area contributed by atoms with Crippen molar-refractivity contribution in [3.8, 4) is 5.75 Å². The SMILES string of the molecule is CC(C)(C)c1ccc(OP(=O)(O)OP(=O)(O)OP(=O)(O)OP(=O)(O)OP(=O)(O)O)c(C(C)(C)C)c1. The first kappa shape index (κ1) is 32.8. The first-order valence-electron chi connectivity index (χ1n) is 9.20. The van der Waals surface area contributed by atoms with Crippen LogP contribution in [0.2, 0.25) is 0 Å². The van der Waals surface area contributed by atoms with Crippen molar-refractivity contribution in [1.29, 1.82) is 0 Å². The van der Waals surface area contributed by atoms with Gasteiger partial charge in [-0.2, -0.15) is 17.2 Å². The van der Waals surface area contributed by atoms with Gasteiger partial charge in [0.05, 0.1) is 0 Å². The first-order valence-corrected chi connectivity index (χ1v) is 16.7. The van der Waals surface area contributed by atoms with Crippen LogP contribution in [0.4, 0.5) is 0 Å². The Balaban J connectivity index is 3.16. The molecule has 0 saturated heterocycles. The maximum atomic E-state index is 12.4. The van der Waals surface area contributed by atoms with E-state index in [0.29, 0.717) is 5.56 Å². The Morgan fingerprint density at radius 2 is 1.00 bits per heavy atom. The highest BCUT2D eigenvalue weighted by Crippen LogP contribution is 2.73. The van der Waals surface area contributed by atoms with Crippen molar-refractivity contribution < 1.29 is 74.0 Å². The molecular weight excluding hydrogens is 579 g/mol. The molecule has 204 valence electrons. The van der Waals surface area contributed by atoms with Crippen LogP contribution < -0.4 is 4.52 Å². The molecule has 1 aromatic carbocycles. The van der Waals surface area contributed by atoms with Crippen LogP contribution in [0.5, 0.6) is 5.75 Å². The molecule has 0 heterocycles. The molecule has 4 atom stereocenters. The number of benzene rings is 1. The van der Waals surface area contributed by atoms with Crippen molar-refractivity contribution in [3.63, 3.8) is 0 Å². The summed E-state index contributed by atoms with van der Waals surface area (Å²) in [5, 5.41) is 0. The summed E-state index contributed by atoms with van der Waals surface area (Å²) in [7, 11) is -29.5. The Morgan fingerprint density at radius 3 is 1.37 bits per heavy atom. The summed E-state index contributed by atoms with van der Waals surface area (Å²) in [6.45, 7) is 11.0. The molecule has 0 saturated carbocycles. The van der Waals surface area contributed by atoms with Gasteiger partial charge in [0.25, 0.3) is 0 Å². The summed E-state index contributed by atoms with van der Waals surface area (Å²) in [4.78, 5) is 54.9. The van der Waals surface area contributed by atoms with E-state index in [9.17, 15) is 37.5 Å². The molecule has 0 spiro atoms. The van der Waals surface area contributed by atoms with Crippen molar-refractivity contribution >= 4 is 39.1 Å². The lowest BCUT2D eigenvalue weighted by Crippen LogP contribution is -2.17. The average molecular weight is 606 g/mol.